The zero-order valence-corrected chi connectivity index (χ0v) is 58.5. The highest BCUT2D eigenvalue weighted by Crippen LogP contribution is 2.29. The van der Waals surface area contributed by atoms with Crippen LogP contribution in [0.5, 0.6) is 5.75 Å². The molecular formula is C75H92N12O15. The third-order valence-corrected chi connectivity index (χ3v) is 19.0. The van der Waals surface area contributed by atoms with Gasteiger partial charge in [0.1, 0.15) is 60.7 Å². The third-order valence-electron chi connectivity index (χ3n) is 19.0. The van der Waals surface area contributed by atoms with E-state index in [2.05, 4.69) is 52.8 Å². The predicted molar refractivity (Wildman–Crippen MR) is 379 cm³/mol. The van der Waals surface area contributed by atoms with E-state index in [-0.39, 0.29) is 76.8 Å². The molecule has 7 heterocycles. The molecule has 12 atom stereocenters. The number of H-pyrrole nitrogens is 1. The molecule has 6 aliphatic rings. The van der Waals surface area contributed by atoms with Gasteiger partial charge in [-0.3, -0.25) is 43.2 Å². The maximum absolute atomic E-state index is 15.2. The number of nitrogens with one attached hydrogen (secondary N) is 10. The molecule has 9 amide bonds. The van der Waals surface area contributed by atoms with E-state index in [1.165, 1.54) is 34.1 Å². The van der Waals surface area contributed by atoms with E-state index in [9.17, 15) is 53.4 Å². The van der Waals surface area contributed by atoms with Crippen molar-refractivity contribution in [2.75, 3.05) is 40.4 Å². The number of nitrogens with zero attached hydrogens (tertiary/aromatic N) is 2. The van der Waals surface area contributed by atoms with Gasteiger partial charge < -0.3 is 82.3 Å². The van der Waals surface area contributed by atoms with Crippen molar-refractivity contribution in [3.05, 3.63) is 161 Å². The first-order valence-electron chi connectivity index (χ1n) is 34.4. The van der Waals surface area contributed by atoms with E-state index >= 15 is 9.59 Å². The Hall–Kier alpha value is -10.5. The van der Waals surface area contributed by atoms with Crippen LogP contribution in [0.25, 0.3) is 21.7 Å². The Morgan fingerprint density at radius 3 is 1.77 bits per heavy atom. The molecule has 6 aliphatic heterocycles. The summed E-state index contributed by atoms with van der Waals surface area (Å²) in [5, 5.41) is 49.1. The van der Waals surface area contributed by atoms with Gasteiger partial charge in [-0.25, -0.2) is 9.59 Å². The maximum atomic E-state index is 15.2. The summed E-state index contributed by atoms with van der Waals surface area (Å²) in [5.41, 5.74) is 2.02. The number of amides is 9. The van der Waals surface area contributed by atoms with Gasteiger partial charge in [-0.05, 0) is 116 Å². The zero-order chi connectivity index (χ0) is 73.5. The number of carbonyl (C=O) groups excluding carboxylic acids is 9. The summed E-state index contributed by atoms with van der Waals surface area (Å²) in [4.78, 5) is 162. The second-order valence-corrected chi connectivity index (χ2v) is 27.3. The quantitative estimate of drug-likeness (QED) is 0.0658. The van der Waals surface area contributed by atoms with Gasteiger partial charge in [-0.2, -0.15) is 0 Å². The van der Waals surface area contributed by atoms with E-state index in [1.807, 2.05) is 60.7 Å². The minimum atomic E-state index is -1.59. The summed E-state index contributed by atoms with van der Waals surface area (Å²) >= 11 is 0. The normalized spacial score (nSPS) is 22.9. The first-order chi connectivity index (χ1) is 48.7. The lowest BCUT2D eigenvalue weighted by Crippen LogP contribution is -2.61. The van der Waals surface area contributed by atoms with E-state index in [0.717, 1.165) is 21.7 Å². The molecule has 12 N–H and O–H groups in total. The molecule has 0 spiro atoms. The smallest absolute Gasteiger partial charge is 0.326 e. The van der Waals surface area contributed by atoms with Gasteiger partial charge in [0.2, 0.25) is 47.3 Å². The number of hydrogen-bond acceptors (Lipinski definition) is 15. The van der Waals surface area contributed by atoms with Crippen molar-refractivity contribution in [2.24, 2.45) is 5.41 Å². The average molecular weight is 1400 g/mol. The van der Waals surface area contributed by atoms with Crippen LogP contribution in [0.4, 0.5) is 0 Å². The van der Waals surface area contributed by atoms with Gasteiger partial charge in [-0.1, -0.05) is 119 Å². The first kappa shape index (κ1) is 75.7. The number of fused-ring (bicyclic) bond motifs is 2. The lowest BCUT2D eigenvalue weighted by Gasteiger charge is -2.36. The Morgan fingerprint density at radius 1 is 0.608 bits per heavy atom. The van der Waals surface area contributed by atoms with Crippen molar-refractivity contribution >= 4 is 86.8 Å². The number of aromatic nitrogens is 1. The molecule has 0 radical (unpaired) electrons. The van der Waals surface area contributed by atoms with Crippen LogP contribution in [0.2, 0.25) is 0 Å². The second kappa shape index (κ2) is 34.2. The molecule has 0 aliphatic carbocycles. The van der Waals surface area contributed by atoms with Gasteiger partial charge in [0, 0.05) is 73.9 Å². The molecule has 8 bridgehead atoms. The number of hydrogen-bond donors (Lipinski definition) is 12. The first-order valence-corrected chi connectivity index (χ1v) is 34.4. The molecule has 6 aromatic rings. The monoisotopic (exact) mass is 1400 g/mol. The second-order valence-electron chi connectivity index (χ2n) is 27.3. The number of carboxylic acid groups (broad SMARTS) is 2. The summed E-state index contributed by atoms with van der Waals surface area (Å²) in [6.45, 7) is 9.96. The largest absolute Gasteiger partial charge is 0.490 e. The van der Waals surface area contributed by atoms with Gasteiger partial charge in [0.25, 0.3) is 5.91 Å². The maximum Gasteiger partial charge on any atom is 0.326 e. The Kier molecular flexibility index (Phi) is 25.4. The molecule has 0 saturated carbocycles. The van der Waals surface area contributed by atoms with Crippen LogP contribution in [0.3, 0.4) is 0 Å². The van der Waals surface area contributed by atoms with Crippen molar-refractivity contribution in [3.63, 3.8) is 0 Å². The van der Waals surface area contributed by atoms with E-state index in [4.69, 9.17) is 9.47 Å². The number of likely N-dealkylation sites (N-methyl/N-ethyl adjacent to an activating group) is 2. The summed E-state index contributed by atoms with van der Waals surface area (Å²) in [5.74, 6) is -8.42. The molecule has 27 nitrogen and oxygen atoms in total. The molecule has 2 saturated heterocycles. The summed E-state index contributed by atoms with van der Waals surface area (Å²) < 4.78 is 12.2. The van der Waals surface area contributed by atoms with Crippen LogP contribution in [-0.2, 0) is 78.4 Å². The predicted octanol–water partition coefficient (Wildman–Crippen LogP) is 2.98. The van der Waals surface area contributed by atoms with E-state index in [1.54, 1.807) is 104 Å². The summed E-state index contributed by atoms with van der Waals surface area (Å²) in [6.07, 6.45) is 3.59. The fraction of sp³-hybridized carbons (Fsp3) is 0.427. The Labute approximate surface area is 591 Å². The molecule has 0 unspecified atom stereocenters. The molecule has 1 aromatic heterocycles. The average Bonchev–Trinajstić information content (AvgIpc) is 1.61. The minimum Gasteiger partial charge on any atom is -0.490 e. The van der Waals surface area contributed by atoms with Crippen molar-refractivity contribution in [2.45, 2.75) is 159 Å². The third kappa shape index (κ3) is 19.3. The summed E-state index contributed by atoms with van der Waals surface area (Å²) in [7, 11) is 3.19. The number of carboxylic acids is 2. The highest BCUT2D eigenvalue weighted by Gasteiger charge is 2.47. The number of benzene rings is 5. The van der Waals surface area contributed by atoms with Gasteiger partial charge in [0.15, 0.2) is 0 Å². The van der Waals surface area contributed by atoms with E-state index in [0.29, 0.717) is 28.0 Å². The van der Waals surface area contributed by atoms with Crippen LogP contribution >= 0.6 is 0 Å². The van der Waals surface area contributed by atoms with Crippen LogP contribution in [0.1, 0.15) is 93.4 Å². The molecular weight excluding hydrogens is 1310 g/mol. The van der Waals surface area contributed by atoms with Crippen LogP contribution in [0, 0.1) is 5.41 Å². The number of ether oxygens (including phenoxy) is 2. The van der Waals surface area contributed by atoms with Crippen molar-refractivity contribution in [1.82, 2.24) is 62.6 Å². The lowest BCUT2D eigenvalue weighted by atomic mass is 9.85. The fourth-order valence-electron chi connectivity index (χ4n) is 12.8. The SMILES string of the molecule is CC[C@H](NC(=O)[C@H](C)NC)C(=O)N1C[C@@H]2C[C@H]1C(=O)N[C@@H](Cc1c[nH]c3ccccc13)C(=O)N[C@H](C(=O)O)Cc1ccc(cc1)C(=O)N[C@H]1C[C@@H](C(=O)N[C@@H](Cc3ccc4ccccc4c3)C(=O)N[C@H](C(=O)O)Cc3ccc(cc3)OC/C=C/CO2)N(C(=O)[C@@H](NC(=O)[C@H](C)NC)C(C)(C)C)C1. The van der Waals surface area contributed by atoms with Gasteiger partial charge in [-0.15, -0.1) is 0 Å². The van der Waals surface area contributed by atoms with Gasteiger partial charge >= 0.3 is 11.9 Å². The highest BCUT2D eigenvalue weighted by atomic mass is 16.5. The number of likely N-dealkylation sites (tertiary alicyclic amines) is 2. The Morgan fingerprint density at radius 2 is 1.17 bits per heavy atom. The van der Waals surface area contributed by atoms with Crippen molar-refractivity contribution in [1.29, 1.82) is 0 Å². The topological polar surface area (TPSA) is 377 Å². The standard InChI is InChI=1S/C75H92N12O15/c1-9-55(80-64(88)42(2)76-7)71(95)87-41-53-38-62(87)70(94)82-58(36-50-39-78-56-19-13-12-18-54(50)56)68(92)84-59(73(97)98)33-44-20-26-48(27-21-44)66(90)79-51-37-61(86(40-51)72(96)63(75(4,5)6)85-65(89)43(3)77-8)69(93)81-57(35-46-22-25-47-16-10-11-17-49(47)32-46)67(91)83-60(74(99)100)34-45-23-28-52(29-24-45)101-30-14-15-31-102-53/h10-29,32,39,42-43,51,53,55,57-63,76-78H,9,30-31,33-38,40-41H2,1-8H3,(H,79,90)(H,80,88)(H,81,93)(H,82,94)(H,83,91)(H,84,92)(H,85,89)(H,97,98)(H,99,100)/b15-14+/t42-,43-,51-,53-,55-,57-,58-,59-,60-,61-,62-,63+/m0/s1. The van der Waals surface area contributed by atoms with Crippen LogP contribution in [0.15, 0.2) is 134 Å². The van der Waals surface area contributed by atoms with E-state index < -0.39 is 143 Å². The minimum absolute atomic E-state index is 0.0129. The number of carbonyl (C=O) groups is 11. The molecule has 542 valence electrons. The molecule has 27 heteroatoms. The molecule has 5 aromatic carbocycles. The number of aromatic amines is 1. The number of rotatable bonds is 15. The number of aliphatic carboxylic acids is 2. The van der Waals surface area contributed by atoms with Crippen LogP contribution in [-0.4, -0.2) is 203 Å². The van der Waals surface area contributed by atoms with Crippen LogP contribution < -0.4 is 52.6 Å². The fourth-order valence-corrected chi connectivity index (χ4v) is 12.8. The zero-order valence-electron chi connectivity index (χ0n) is 58.5. The number of para-hydroxylation sites is 1. The summed E-state index contributed by atoms with van der Waals surface area (Å²) in [6, 6.07) is 19.7. The Balaban J connectivity index is 1.04. The highest BCUT2D eigenvalue weighted by molar-refractivity contribution is 5.99. The molecule has 2 fully saturated rings. The lowest BCUT2D eigenvalue weighted by molar-refractivity contribution is -0.145. The molecule has 12 rings (SSSR count). The van der Waals surface area contributed by atoms with Crippen molar-refractivity contribution < 1.29 is 72.4 Å². The molecule has 102 heavy (non-hydrogen) atoms. The Bertz CT molecular complexity index is 4080. The van der Waals surface area contributed by atoms with Gasteiger partial charge in [0.05, 0.1) is 24.8 Å². The van der Waals surface area contributed by atoms with Crippen molar-refractivity contribution in [3.8, 4) is 5.75 Å².